The van der Waals surface area contributed by atoms with E-state index in [2.05, 4.69) is 11.9 Å². The molecule has 1 aliphatic rings. The minimum atomic E-state index is -0.906. The standard InChI is InChI=1S/C13H17NO3/c1-9-3-4-10(7-12(9)13(15)16)17-11-5-6-14(2)8-11/h3-4,7,11H,5-6,8H2,1-2H3,(H,15,16)/t11-/m0/s1. The van der Waals surface area contributed by atoms with Crippen LogP contribution in [0, 0.1) is 6.92 Å². The van der Waals surface area contributed by atoms with Crippen LogP contribution >= 0.6 is 0 Å². The number of aromatic carboxylic acids is 1. The van der Waals surface area contributed by atoms with Crippen LogP contribution < -0.4 is 4.74 Å². The van der Waals surface area contributed by atoms with Gasteiger partial charge in [-0.25, -0.2) is 4.79 Å². The molecule has 1 saturated heterocycles. The Bertz CT molecular complexity index is 431. The fraction of sp³-hybridized carbons (Fsp3) is 0.462. The Morgan fingerprint density at radius 3 is 2.88 bits per heavy atom. The first-order valence-corrected chi connectivity index (χ1v) is 5.75. The minimum Gasteiger partial charge on any atom is -0.489 e. The van der Waals surface area contributed by atoms with E-state index in [4.69, 9.17) is 9.84 Å². The van der Waals surface area contributed by atoms with E-state index in [9.17, 15) is 4.79 Å². The van der Waals surface area contributed by atoms with Crippen molar-refractivity contribution in [2.45, 2.75) is 19.4 Å². The summed E-state index contributed by atoms with van der Waals surface area (Å²) < 4.78 is 5.79. The van der Waals surface area contributed by atoms with Crippen molar-refractivity contribution in [1.29, 1.82) is 0 Å². The predicted octanol–water partition coefficient (Wildman–Crippen LogP) is 1.78. The van der Waals surface area contributed by atoms with Gasteiger partial charge in [-0.15, -0.1) is 0 Å². The molecule has 17 heavy (non-hydrogen) atoms. The molecule has 1 N–H and O–H groups in total. The lowest BCUT2D eigenvalue weighted by Gasteiger charge is -2.14. The molecule has 1 heterocycles. The summed E-state index contributed by atoms with van der Waals surface area (Å²) in [5, 5.41) is 9.03. The molecule has 4 nitrogen and oxygen atoms in total. The number of carbonyl (C=O) groups is 1. The Labute approximate surface area is 101 Å². The minimum absolute atomic E-state index is 0.171. The lowest BCUT2D eigenvalue weighted by Crippen LogP contribution is -2.21. The van der Waals surface area contributed by atoms with Crippen LogP contribution in [0.25, 0.3) is 0 Å². The number of likely N-dealkylation sites (N-methyl/N-ethyl adjacent to an activating group) is 1. The molecule has 0 spiro atoms. The normalized spacial score (nSPS) is 20.5. The van der Waals surface area contributed by atoms with Crippen molar-refractivity contribution in [3.8, 4) is 5.75 Å². The van der Waals surface area contributed by atoms with Crippen molar-refractivity contribution in [2.24, 2.45) is 0 Å². The molecule has 0 aromatic heterocycles. The molecule has 1 fully saturated rings. The summed E-state index contributed by atoms with van der Waals surface area (Å²) in [5.74, 6) is -0.259. The summed E-state index contributed by atoms with van der Waals surface area (Å²) in [6, 6.07) is 5.23. The van der Waals surface area contributed by atoms with Crippen LogP contribution in [-0.2, 0) is 0 Å². The molecule has 2 rings (SSSR count). The fourth-order valence-electron chi connectivity index (χ4n) is 2.09. The van der Waals surface area contributed by atoms with Crippen LogP contribution in [0.5, 0.6) is 5.75 Å². The SMILES string of the molecule is Cc1ccc(O[C@H]2CCN(C)C2)cc1C(=O)O. The van der Waals surface area contributed by atoms with Gasteiger partial charge in [0.05, 0.1) is 5.56 Å². The van der Waals surface area contributed by atoms with Crippen molar-refractivity contribution in [1.82, 2.24) is 4.90 Å². The summed E-state index contributed by atoms with van der Waals surface area (Å²) in [6.07, 6.45) is 1.16. The number of likely N-dealkylation sites (tertiary alicyclic amines) is 1. The topological polar surface area (TPSA) is 49.8 Å². The first-order chi connectivity index (χ1) is 8.06. The number of benzene rings is 1. The zero-order valence-corrected chi connectivity index (χ0v) is 10.1. The van der Waals surface area contributed by atoms with Gasteiger partial charge in [0.1, 0.15) is 11.9 Å². The second kappa shape index (κ2) is 4.75. The first-order valence-electron chi connectivity index (χ1n) is 5.75. The second-order valence-corrected chi connectivity index (χ2v) is 4.57. The molecule has 0 unspecified atom stereocenters. The highest BCUT2D eigenvalue weighted by molar-refractivity contribution is 5.89. The Kier molecular flexibility index (Phi) is 3.33. The Balaban J connectivity index is 2.11. The molecule has 1 aromatic carbocycles. The quantitative estimate of drug-likeness (QED) is 0.867. The molecular formula is C13H17NO3. The molecule has 1 aliphatic heterocycles. The first kappa shape index (κ1) is 11.9. The number of nitrogens with zero attached hydrogens (tertiary/aromatic N) is 1. The molecular weight excluding hydrogens is 218 g/mol. The number of hydrogen-bond donors (Lipinski definition) is 1. The van der Waals surface area contributed by atoms with E-state index >= 15 is 0 Å². The lowest BCUT2D eigenvalue weighted by atomic mass is 10.1. The van der Waals surface area contributed by atoms with Gasteiger partial charge >= 0.3 is 5.97 Å². The maximum atomic E-state index is 11.0. The van der Waals surface area contributed by atoms with E-state index in [1.54, 1.807) is 19.1 Å². The van der Waals surface area contributed by atoms with Gasteiger partial charge < -0.3 is 14.7 Å². The highest BCUT2D eigenvalue weighted by Crippen LogP contribution is 2.21. The Morgan fingerprint density at radius 2 is 2.29 bits per heavy atom. The van der Waals surface area contributed by atoms with E-state index in [1.807, 2.05) is 6.07 Å². The maximum Gasteiger partial charge on any atom is 0.336 e. The van der Waals surface area contributed by atoms with Gasteiger partial charge in [0.15, 0.2) is 0 Å². The molecule has 0 amide bonds. The van der Waals surface area contributed by atoms with Crippen LogP contribution in [0.1, 0.15) is 22.3 Å². The average molecular weight is 235 g/mol. The van der Waals surface area contributed by atoms with Crippen molar-refractivity contribution in [3.05, 3.63) is 29.3 Å². The molecule has 0 saturated carbocycles. The molecule has 1 aromatic rings. The van der Waals surface area contributed by atoms with Gasteiger partial charge in [0.2, 0.25) is 0 Å². The van der Waals surface area contributed by atoms with E-state index in [1.165, 1.54) is 0 Å². The molecule has 1 atom stereocenters. The fourth-order valence-corrected chi connectivity index (χ4v) is 2.09. The summed E-state index contributed by atoms with van der Waals surface area (Å²) in [7, 11) is 2.06. The second-order valence-electron chi connectivity index (χ2n) is 4.57. The summed E-state index contributed by atoms with van der Waals surface area (Å²) >= 11 is 0. The Hall–Kier alpha value is -1.55. The van der Waals surface area contributed by atoms with Crippen LogP contribution in [0.2, 0.25) is 0 Å². The highest BCUT2D eigenvalue weighted by atomic mass is 16.5. The number of hydrogen-bond acceptors (Lipinski definition) is 3. The molecule has 0 aliphatic carbocycles. The predicted molar refractivity (Wildman–Crippen MR) is 64.7 cm³/mol. The number of rotatable bonds is 3. The molecule has 0 radical (unpaired) electrons. The average Bonchev–Trinajstić information content (AvgIpc) is 2.66. The summed E-state index contributed by atoms with van der Waals surface area (Å²) in [6.45, 7) is 3.72. The van der Waals surface area contributed by atoms with Crippen LogP contribution in [0.15, 0.2) is 18.2 Å². The van der Waals surface area contributed by atoms with Gasteiger partial charge in [-0.3, -0.25) is 0 Å². The third-order valence-corrected chi connectivity index (χ3v) is 3.09. The zero-order chi connectivity index (χ0) is 12.4. The highest BCUT2D eigenvalue weighted by Gasteiger charge is 2.21. The van der Waals surface area contributed by atoms with E-state index in [-0.39, 0.29) is 6.10 Å². The smallest absolute Gasteiger partial charge is 0.336 e. The van der Waals surface area contributed by atoms with Crippen LogP contribution in [0.3, 0.4) is 0 Å². The number of aryl methyl sites for hydroxylation is 1. The van der Waals surface area contributed by atoms with Gasteiger partial charge in [-0.1, -0.05) is 6.07 Å². The van der Waals surface area contributed by atoms with Crippen molar-refractivity contribution in [3.63, 3.8) is 0 Å². The molecule has 0 bridgehead atoms. The van der Waals surface area contributed by atoms with Gasteiger partial charge in [-0.2, -0.15) is 0 Å². The summed E-state index contributed by atoms with van der Waals surface area (Å²) in [5.41, 5.74) is 1.07. The maximum absolute atomic E-state index is 11.0. The number of carboxylic acids is 1. The van der Waals surface area contributed by atoms with E-state index in [0.717, 1.165) is 25.1 Å². The third kappa shape index (κ3) is 2.77. The van der Waals surface area contributed by atoms with Crippen molar-refractivity contribution >= 4 is 5.97 Å². The number of ether oxygens (including phenoxy) is 1. The Morgan fingerprint density at radius 1 is 1.53 bits per heavy atom. The van der Waals surface area contributed by atoms with Crippen LogP contribution in [-0.4, -0.2) is 42.2 Å². The third-order valence-electron chi connectivity index (χ3n) is 3.09. The molecule has 4 heteroatoms. The van der Waals surface area contributed by atoms with Crippen molar-refractivity contribution in [2.75, 3.05) is 20.1 Å². The van der Waals surface area contributed by atoms with Crippen LogP contribution in [0.4, 0.5) is 0 Å². The zero-order valence-electron chi connectivity index (χ0n) is 10.1. The van der Waals surface area contributed by atoms with E-state index < -0.39 is 5.97 Å². The monoisotopic (exact) mass is 235 g/mol. The lowest BCUT2D eigenvalue weighted by molar-refractivity contribution is 0.0695. The van der Waals surface area contributed by atoms with E-state index in [0.29, 0.717) is 11.3 Å². The van der Waals surface area contributed by atoms with Gasteiger partial charge in [0.25, 0.3) is 0 Å². The summed E-state index contributed by atoms with van der Waals surface area (Å²) in [4.78, 5) is 13.2. The molecule has 92 valence electrons. The van der Waals surface area contributed by atoms with Gasteiger partial charge in [0, 0.05) is 13.1 Å². The van der Waals surface area contributed by atoms with Gasteiger partial charge in [-0.05, 0) is 38.1 Å². The number of carboxylic acid groups (broad SMARTS) is 1. The largest absolute Gasteiger partial charge is 0.489 e. The van der Waals surface area contributed by atoms with Crippen molar-refractivity contribution < 1.29 is 14.6 Å².